The maximum atomic E-state index is 11.0. The monoisotopic (exact) mass is 389 g/mol. The van der Waals surface area contributed by atoms with Gasteiger partial charge in [-0.15, -0.1) is 0 Å². The minimum Gasteiger partial charge on any atom is -0.481 e. The number of pyridine rings is 1. The van der Waals surface area contributed by atoms with E-state index in [0.29, 0.717) is 27.9 Å². The van der Waals surface area contributed by atoms with Crippen LogP contribution < -0.4 is 15.8 Å². The number of hydrogen-bond acceptors (Lipinski definition) is 4. The largest absolute Gasteiger partial charge is 0.481 e. The highest BCUT2D eigenvalue weighted by Gasteiger charge is 2.10. The van der Waals surface area contributed by atoms with Crippen molar-refractivity contribution in [2.24, 2.45) is 5.73 Å². The highest BCUT2D eigenvalue weighted by molar-refractivity contribution is 6.35. The molecule has 0 aliphatic rings. The summed E-state index contributed by atoms with van der Waals surface area (Å²) < 4.78 is 5.49. The SMILES string of the molecule is Cc1cc(NCc2ccc(Cl)cc2Cl)c2cccc(OCC(N)=O)c2n1. The first-order valence-corrected chi connectivity index (χ1v) is 8.69. The zero-order valence-corrected chi connectivity index (χ0v) is 15.6. The third-order valence-corrected chi connectivity index (χ3v) is 4.37. The molecule has 3 N–H and O–H groups in total. The molecule has 3 aromatic rings. The van der Waals surface area contributed by atoms with Crippen molar-refractivity contribution >= 4 is 45.7 Å². The molecule has 0 radical (unpaired) electrons. The Morgan fingerprint density at radius 2 is 2.04 bits per heavy atom. The quantitative estimate of drug-likeness (QED) is 0.657. The highest BCUT2D eigenvalue weighted by Crippen LogP contribution is 2.31. The summed E-state index contributed by atoms with van der Waals surface area (Å²) in [5.41, 5.74) is 8.47. The third-order valence-electron chi connectivity index (χ3n) is 3.78. The molecule has 0 unspecified atom stereocenters. The van der Waals surface area contributed by atoms with Gasteiger partial charge in [-0.05, 0) is 36.8 Å². The third kappa shape index (κ3) is 4.18. The minimum absolute atomic E-state index is 0.197. The summed E-state index contributed by atoms with van der Waals surface area (Å²) in [6.45, 7) is 2.23. The van der Waals surface area contributed by atoms with E-state index in [1.54, 1.807) is 18.2 Å². The molecule has 0 aliphatic heterocycles. The summed E-state index contributed by atoms with van der Waals surface area (Å²) in [4.78, 5) is 15.5. The predicted octanol–water partition coefficient (Wildman–Crippen LogP) is 4.33. The Morgan fingerprint density at radius 1 is 1.23 bits per heavy atom. The van der Waals surface area contributed by atoms with Crippen molar-refractivity contribution in [2.45, 2.75) is 13.5 Å². The van der Waals surface area contributed by atoms with Gasteiger partial charge in [-0.1, -0.05) is 41.4 Å². The summed E-state index contributed by atoms with van der Waals surface area (Å²) in [5.74, 6) is -0.0250. The van der Waals surface area contributed by atoms with Crippen LogP contribution in [0.4, 0.5) is 5.69 Å². The lowest BCUT2D eigenvalue weighted by molar-refractivity contribution is -0.119. The minimum atomic E-state index is -0.537. The Labute approximate surface area is 161 Å². The number of nitrogens with one attached hydrogen (secondary N) is 1. The number of halogens is 2. The van der Waals surface area contributed by atoms with E-state index in [1.807, 2.05) is 31.2 Å². The lowest BCUT2D eigenvalue weighted by atomic mass is 10.1. The normalized spacial score (nSPS) is 10.7. The van der Waals surface area contributed by atoms with Gasteiger partial charge in [0.1, 0.15) is 11.3 Å². The maximum absolute atomic E-state index is 11.0. The standard InChI is InChI=1S/C19H17Cl2N3O2/c1-11-7-16(23-9-12-5-6-13(20)8-15(12)21)14-3-2-4-17(19(14)24-11)26-10-18(22)25/h2-8H,9-10H2,1H3,(H2,22,25)(H,23,24). The van der Waals surface area contributed by atoms with E-state index in [0.717, 1.165) is 22.3 Å². The number of nitrogens with zero attached hydrogens (tertiary/aromatic N) is 1. The zero-order chi connectivity index (χ0) is 18.7. The molecule has 3 rings (SSSR count). The summed E-state index contributed by atoms with van der Waals surface area (Å²) in [5, 5.41) is 5.46. The molecule has 0 bridgehead atoms. The molecule has 0 saturated heterocycles. The lowest BCUT2D eigenvalue weighted by Crippen LogP contribution is -2.20. The Kier molecular flexibility index (Phi) is 5.49. The fourth-order valence-electron chi connectivity index (χ4n) is 2.62. The molecule has 0 spiro atoms. The van der Waals surface area contributed by atoms with Gasteiger partial charge in [0.15, 0.2) is 6.61 Å². The molecule has 1 aromatic heterocycles. The average Bonchev–Trinajstić information content (AvgIpc) is 2.59. The van der Waals surface area contributed by atoms with Gasteiger partial charge in [0.2, 0.25) is 0 Å². The van der Waals surface area contributed by atoms with Crippen molar-refractivity contribution in [3.8, 4) is 5.75 Å². The first kappa shape index (κ1) is 18.3. The number of carbonyl (C=O) groups excluding carboxylic acids is 1. The van der Waals surface area contributed by atoms with E-state index in [9.17, 15) is 4.79 Å². The van der Waals surface area contributed by atoms with E-state index in [2.05, 4.69) is 10.3 Å². The van der Waals surface area contributed by atoms with Crippen molar-refractivity contribution in [1.29, 1.82) is 0 Å². The Morgan fingerprint density at radius 3 is 2.77 bits per heavy atom. The van der Waals surface area contributed by atoms with Crippen LogP contribution in [-0.4, -0.2) is 17.5 Å². The van der Waals surface area contributed by atoms with Crippen molar-refractivity contribution in [3.63, 3.8) is 0 Å². The van der Waals surface area contributed by atoms with Crippen molar-refractivity contribution in [1.82, 2.24) is 4.98 Å². The zero-order valence-electron chi connectivity index (χ0n) is 14.1. The van der Waals surface area contributed by atoms with Gasteiger partial charge in [-0.3, -0.25) is 4.79 Å². The Hall–Kier alpha value is -2.50. The number of aryl methyl sites for hydroxylation is 1. The molecule has 2 aromatic carbocycles. The number of rotatable bonds is 6. The molecule has 1 amide bonds. The van der Waals surface area contributed by atoms with E-state index in [4.69, 9.17) is 33.7 Å². The molecular weight excluding hydrogens is 373 g/mol. The second-order valence-corrected chi connectivity index (χ2v) is 6.65. The topological polar surface area (TPSA) is 77.2 Å². The summed E-state index contributed by atoms with van der Waals surface area (Å²) in [7, 11) is 0. The van der Waals surface area contributed by atoms with Gasteiger partial charge in [0.25, 0.3) is 5.91 Å². The van der Waals surface area contributed by atoms with Gasteiger partial charge < -0.3 is 15.8 Å². The van der Waals surface area contributed by atoms with Gasteiger partial charge in [0.05, 0.1) is 0 Å². The number of anilines is 1. The Balaban J connectivity index is 1.92. The molecule has 0 atom stereocenters. The number of benzene rings is 2. The number of primary amides is 1. The molecule has 5 nitrogen and oxygen atoms in total. The number of ether oxygens (including phenoxy) is 1. The first-order valence-electron chi connectivity index (χ1n) is 7.93. The van der Waals surface area contributed by atoms with Crippen LogP contribution in [0.5, 0.6) is 5.75 Å². The number of fused-ring (bicyclic) bond motifs is 1. The fourth-order valence-corrected chi connectivity index (χ4v) is 3.09. The molecule has 1 heterocycles. The van der Waals surface area contributed by atoms with Crippen LogP contribution in [0.2, 0.25) is 10.0 Å². The molecule has 0 saturated carbocycles. The fraction of sp³-hybridized carbons (Fsp3) is 0.158. The van der Waals surface area contributed by atoms with Crippen LogP contribution in [0.3, 0.4) is 0 Å². The van der Waals surface area contributed by atoms with Crippen LogP contribution >= 0.6 is 23.2 Å². The predicted molar refractivity (Wildman–Crippen MR) is 105 cm³/mol. The van der Waals surface area contributed by atoms with Crippen molar-refractivity contribution < 1.29 is 9.53 Å². The molecule has 7 heteroatoms. The van der Waals surface area contributed by atoms with Crippen LogP contribution in [-0.2, 0) is 11.3 Å². The van der Waals surface area contributed by atoms with Crippen LogP contribution in [0.1, 0.15) is 11.3 Å². The lowest BCUT2D eigenvalue weighted by Gasteiger charge is -2.14. The first-order chi connectivity index (χ1) is 12.4. The maximum Gasteiger partial charge on any atom is 0.255 e. The van der Waals surface area contributed by atoms with Crippen LogP contribution in [0.25, 0.3) is 10.9 Å². The second kappa shape index (κ2) is 7.81. The number of para-hydroxylation sites is 1. The summed E-state index contributed by atoms with van der Waals surface area (Å²) in [6.07, 6.45) is 0. The summed E-state index contributed by atoms with van der Waals surface area (Å²) >= 11 is 12.2. The Bertz CT molecular complexity index is 976. The average molecular weight is 390 g/mol. The molecule has 26 heavy (non-hydrogen) atoms. The molecule has 0 aliphatic carbocycles. The van der Waals surface area contributed by atoms with E-state index in [-0.39, 0.29) is 6.61 Å². The van der Waals surface area contributed by atoms with Gasteiger partial charge in [-0.25, -0.2) is 4.98 Å². The van der Waals surface area contributed by atoms with Gasteiger partial charge in [0, 0.05) is 33.4 Å². The number of hydrogen-bond donors (Lipinski definition) is 2. The second-order valence-electron chi connectivity index (χ2n) is 5.81. The number of carbonyl (C=O) groups is 1. The number of nitrogens with two attached hydrogens (primary N) is 1. The molecular formula is C19H17Cl2N3O2. The highest BCUT2D eigenvalue weighted by atomic mass is 35.5. The smallest absolute Gasteiger partial charge is 0.255 e. The number of aromatic nitrogens is 1. The van der Waals surface area contributed by atoms with Crippen molar-refractivity contribution in [2.75, 3.05) is 11.9 Å². The number of amides is 1. The van der Waals surface area contributed by atoms with E-state index >= 15 is 0 Å². The van der Waals surface area contributed by atoms with Crippen molar-refractivity contribution in [3.05, 3.63) is 63.8 Å². The van der Waals surface area contributed by atoms with Crippen LogP contribution in [0, 0.1) is 6.92 Å². The molecule has 134 valence electrons. The van der Waals surface area contributed by atoms with E-state index in [1.165, 1.54) is 0 Å². The van der Waals surface area contributed by atoms with Crippen LogP contribution in [0.15, 0.2) is 42.5 Å². The van der Waals surface area contributed by atoms with Gasteiger partial charge in [-0.2, -0.15) is 0 Å². The van der Waals surface area contributed by atoms with E-state index < -0.39 is 5.91 Å². The van der Waals surface area contributed by atoms with Gasteiger partial charge >= 0.3 is 0 Å². The molecule has 0 fully saturated rings. The summed E-state index contributed by atoms with van der Waals surface area (Å²) in [6, 6.07) is 12.9.